The number of hydrogen-bond acceptors (Lipinski definition) is 3. The van der Waals surface area contributed by atoms with Crippen molar-refractivity contribution in [2.24, 2.45) is 0 Å². The minimum absolute atomic E-state index is 0.289. The summed E-state index contributed by atoms with van der Waals surface area (Å²) in [6.07, 6.45) is 7.78. The lowest BCUT2D eigenvalue weighted by Crippen LogP contribution is -1.91. The van der Waals surface area contributed by atoms with E-state index in [0.717, 1.165) is 37.1 Å². The maximum absolute atomic E-state index is 8.71. The first-order chi connectivity index (χ1) is 8.90. The number of aliphatic hydroxyl groups is 1. The number of aliphatic hydroxyl groups excluding tert-OH is 1. The number of hydrogen-bond donors (Lipinski definition) is 1. The number of unbranched alkanes of at least 4 members (excludes halogenated alkanes) is 2. The monoisotopic (exact) mass is 242 g/mol. The van der Waals surface area contributed by atoms with Gasteiger partial charge in [-0.3, -0.25) is 9.97 Å². The summed E-state index contributed by atoms with van der Waals surface area (Å²) < 4.78 is 0. The Morgan fingerprint density at radius 2 is 1.78 bits per heavy atom. The molecule has 0 saturated heterocycles. The molecule has 0 atom stereocenters. The fourth-order valence-electron chi connectivity index (χ4n) is 1.86. The zero-order chi connectivity index (χ0) is 12.6. The summed E-state index contributed by atoms with van der Waals surface area (Å²) in [7, 11) is 0. The van der Waals surface area contributed by atoms with Crippen LogP contribution in [0.3, 0.4) is 0 Å². The molecule has 0 fully saturated rings. The molecule has 0 bridgehead atoms. The topological polar surface area (TPSA) is 46.0 Å². The van der Waals surface area contributed by atoms with Gasteiger partial charge in [0.1, 0.15) is 0 Å². The SMILES string of the molecule is OCCCCCc1ccc(-c2ccccn2)nc1. The van der Waals surface area contributed by atoms with Crippen LogP contribution in [-0.2, 0) is 6.42 Å². The Labute approximate surface area is 108 Å². The van der Waals surface area contributed by atoms with Gasteiger partial charge in [0.05, 0.1) is 11.4 Å². The first kappa shape index (κ1) is 12.7. The molecule has 94 valence electrons. The number of pyridine rings is 2. The zero-order valence-electron chi connectivity index (χ0n) is 10.4. The van der Waals surface area contributed by atoms with E-state index in [2.05, 4.69) is 16.0 Å². The molecule has 0 saturated carbocycles. The molecule has 2 heterocycles. The van der Waals surface area contributed by atoms with Gasteiger partial charge in [0, 0.05) is 19.0 Å². The van der Waals surface area contributed by atoms with Gasteiger partial charge in [-0.15, -0.1) is 0 Å². The number of nitrogens with zero attached hydrogens (tertiary/aromatic N) is 2. The highest BCUT2D eigenvalue weighted by molar-refractivity contribution is 5.53. The van der Waals surface area contributed by atoms with Gasteiger partial charge in [-0.05, 0) is 43.0 Å². The molecule has 2 aromatic rings. The van der Waals surface area contributed by atoms with Gasteiger partial charge in [0.25, 0.3) is 0 Å². The van der Waals surface area contributed by atoms with E-state index in [4.69, 9.17) is 5.11 Å². The predicted molar refractivity (Wildman–Crippen MR) is 72.1 cm³/mol. The van der Waals surface area contributed by atoms with E-state index in [0.29, 0.717) is 0 Å². The third-order valence-electron chi connectivity index (χ3n) is 2.88. The fraction of sp³-hybridized carbons (Fsp3) is 0.333. The van der Waals surface area contributed by atoms with Crippen LogP contribution in [0.5, 0.6) is 0 Å². The van der Waals surface area contributed by atoms with Crippen LogP contribution in [0.15, 0.2) is 42.7 Å². The second-order valence-electron chi connectivity index (χ2n) is 4.30. The number of aryl methyl sites for hydroxylation is 1. The molecule has 1 N–H and O–H groups in total. The van der Waals surface area contributed by atoms with E-state index < -0.39 is 0 Å². The van der Waals surface area contributed by atoms with Crippen molar-refractivity contribution in [2.75, 3.05) is 6.61 Å². The first-order valence-electron chi connectivity index (χ1n) is 6.37. The van der Waals surface area contributed by atoms with Crippen LogP contribution in [0.1, 0.15) is 24.8 Å². The second-order valence-corrected chi connectivity index (χ2v) is 4.30. The van der Waals surface area contributed by atoms with Gasteiger partial charge in [0.15, 0.2) is 0 Å². The molecular formula is C15H18N2O. The average Bonchev–Trinajstić information content (AvgIpc) is 2.45. The van der Waals surface area contributed by atoms with Crippen molar-refractivity contribution in [3.8, 4) is 11.4 Å². The summed E-state index contributed by atoms with van der Waals surface area (Å²) >= 11 is 0. The minimum Gasteiger partial charge on any atom is -0.396 e. The molecule has 2 rings (SSSR count). The van der Waals surface area contributed by atoms with Crippen molar-refractivity contribution in [1.29, 1.82) is 0 Å². The van der Waals surface area contributed by atoms with E-state index >= 15 is 0 Å². The van der Waals surface area contributed by atoms with Crippen molar-refractivity contribution >= 4 is 0 Å². The summed E-state index contributed by atoms with van der Waals surface area (Å²) in [5.41, 5.74) is 3.06. The van der Waals surface area contributed by atoms with E-state index in [-0.39, 0.29) is 6.61 Å². The molecule has 3 nitrogen and oxygen atoms in total. The van der Waals surface area contributed by atoms with Crippen LogP contribution >= 0.6 is 0 Å². The molecule has 18 heavy (non-hydrogen) atoms. The molecule has 0 aliphatic heterocycles. The van der Waals surface area contributed by atoms with Gasteiger partial charge < -0.3 is 5.11 Å². The van der Waals surface area contributed by atoms with E-state index in [9.17, 15) is 0 Å². The lowest BCUT2D eigenvalue weighted by Gasteiger charge is -2.03. The zero-order valence-corrected chi connectivity index (χ0v) is 10.4. The van der Waals surface area contributed by atoms with Gasteiger partial charge in [-0.1, -0.05) is 18.6 Å². The van der Waals surface area contributed by atoms with Gasteiger partial charge in [0.2, 0.25) is 0 Å². The highest BCUT2D eigenvalue weighted by Gasteiger charge is 2.00. The summed E-state index contributed by atoms with van der Waals surface area (Å²) in [6.45, 7) is 0.289. The largest absolute Gasteiger partial charge is 0.396 e. The van der Waals surface area contributed by atoms with E-state index in [1.165, 1.54) is 5.56 Å². The van der Waals surface area contributed by atoms with E-state index in [1.807, 2.05) is 30.5 Å². The third-order valence-corrected chi connectivity index (χ3v) is 2.88. The lowest BCUT2D eigenvalue weighted by atomic mass is 10.1. The normalized spacial score (nSPS) is 10.5. The Kier molecular flexibility index (Phi) is 4.85. The molecule has 0 amide bonds. The Morgan fingerprint density at radius 3 is 2.44 bits per heavy atom. The van der Waals surface area contributed by atoms with Gasteiger partial charge in [-0.25, -0.2) is 0 Å². The first-order valence-corrected chi connectivity index (χ1v) is 6.37. The highest BCUT2D eigenvalue weighted by atomic mass is 16.2. The van der Waals surface area contributed by atoms with Crippen molar-refractivity contribution in [3.63, 3.8) is 0 Å². The van der Waals surface area contributed by atoms with Crippen LogP contribution < -0.4 is 0 Å². The molecule has 0 aromatic carbocycles. The van der Waals surface area contributed by atoms with Crippen LogP contribution in [0.4, 0.5) is 0 Å². The second kappa shape index (κ2) is 6.87. The third kappa shape index (κ3) is 3.64. The standard InChI is InChI=1S/C15H18N2O/c18-11-5-1-2-6-13-8-9-15(17-12-13)14-7-3-4-10-16-14/h3-4,7-10,12,18H,1-2,5-6,11H2. The minimum atomic E-state index is 0.289. The quantitative estimate of drug-likeness (QED) is 0.792. The Balaban J connectivity index is 1.94. The summed E-state index contributed by atoms with van der Waals surface area (Å²) in [4.78, 5) is 8.71. The molecule has 0 aliphatic rings. The predicted octanol–water partition coefficient (Wildman–Crippen LogP) is 2.85. The fourth-order valence-corrected chi connectivity index (χ4v) is 1.86. The van der Waals surface area contributed by atoms with Crippen molar-refractivity contribution in [3.05, 3.63) is 48.3 Å². The smallest absolute Gasteiger partial charge is 0.0886 e. The van der Waals surface area contributed by atoms with E-state index in [1.54, 1.807) is 6.20 Å². The van der Waals surface area contributed by atoms with Crippen LogP contribution in [0.25, 0.3) is 11.4 Å². The molecule has 3 heteroatoms. The van der Waals surface area contributed by atoms with Gasteiger partial charge in [-0.2, -0.15) is 0 Å². The number of aromatic nitrogens is 2. The molecular weight excluding hydrogens is 224 g/mol. The summed E-state index contributed by atoms with van der Waals surface area (Å²) in [6, 6.07) is 9.95. The number of rotatable bonds is 6. The Bertz CT molecular complexity index is 454. The van der Waals surface area contributed by atoms with Crippen molar-refractivity contribution in [2.45, 2.75) is 25.7 Å². The van der Waals surface area contributed by atoms with Gasteiger partial charge >= 0.3 is 0 Å². The molecule has 0 spiro atoms. The van der Waals surface area contributed by atoms with Crippen molar-refractivity contribution < 1.29 is 5.11 Å². The van der Waals surface area contributed by atoms with Crippen molar-refractivity contribution in [1.82, 2.24) is 9.97 Å². The summed E-state index contributed by atoms with van der Waals surface area (Å²) in [5, 5.41) is 8.71. The Morgan fingerprint density at radius 1 is 0.889 bits per heavy atom. The van der Waals surface area contributed by atoms with Crippen LogP contribution in [-0.4, -0.2) is 21.7 Å². The lowest BCUT2D eigenvalue weighted by molar-refractivity contribution is 0.283. The molecule has 0 aliphatic carbocycles. The van der Waals surface area contributed by atoms with Crippen LogP contribution in [0.2, 0.25) is 0 Å². The average molecular weight is 242 g/mol. The summed E-state index contributed by atoms with van der Waals surface area (Å²) in [5.74, 6) is 0. The Hall–Kier alpha value is -1.74. The maximum Gasteiger partial charge on any atom is 0.0886 e. The highest BCUT2D eigenvalue weighted by Crippen LogP contribution is 2.14. The molecule has 0 unspecified atom stereocenters. The molecule has 0 radical (unpaired) electrons. The van der Waals surface area contributed by atoms with Crippen LogP contribution in [0, 0.1) is 0 Å². The maximum atomic E-state index is 8.71. The molecule has 2 aromatic heterocycles.